The summed E-state index contributed by atoms with van der Waals surface area (Å²) in [5.74, 6) is 2.26. The fourth-order valence-corrected chi connectivity index (χ4v) is 14.6. The van der Waals surface area contributed by atoms with Crippen LogP contribution in [0.2, 0.25) is 0 Å². The number of fused-ring (bicyclic) bond motifs is 3. The van der Waals surface area contributed by atoms with Crippen LogP contribution >= 0.6 is 0 Å². The van der Waals surface area contributed by atoms with Crippen LogP contribution in [0.25, 0.3) is 0 Å². The van der Waals surface area contributed by atoms with Crippen molar-refractivity contribution in [3.63, 3.8) is 0 Å². The number of methoxy groups -OCH3 is 6. The van der Waals surface area contributed by atoms with Crippen molar-refractivity contribution in [2.75, 3.05) is 83.2 Å². The quantitative estimate of drug-likeness (QED) is 0.0939. The molecule has 14 nitrogen and oxygen atoms in total. The number of hydrogen-bond acceptors (Lipinski definition) is 14. The lowest BCUT2D eigenvalue weighted by atomic mass is 9.41. The summed E-state index contributed by atoms with van der Waals surface area (Å²) < 4.78 is 85.4. The molecule has 60 heavy (non-hydrogen) atoms. The summed E-state index contributed by atoms with van der Waals surface area (Å²) in [5, 5.41) is 0. The molecule has 2 heterocycles. The van der Waals surface area contributed by atoms with Gasteiger partial charge in [-0.15, -0.1) is 0 Å². The van der Waals surface area contributed by atoms with Gasteiger partial charge in [0.15, 0.2) is 6.29 Å². The second-order valence-electron chi connectivity index (χ2n) is 20.5. The zero-order chi connectivity index (χ0) is 43.3. The number of rotatable bonds is 20. The third kappa shape index (κ3) is 7.45. The van der Waals surface area contributed by atoms with Crippen molar-refractivity contribution in [3.8, 4) is 0 Å². The molecule has 4 saturated carbocycles. The fourth-order valence-electron chi connectivity index (χ4n) is 14.6. The van der Waals surface area contributed by atoms with E-state index in [1.807, 2.05) is 0 Å². The Morgan fingerprint density at radius 1 is 0.717 bits per heavy atom. The first-order chi connectivity index (χ1) is 28.6. The molecule has 0 radical (unpaired) electrons. The summed E-state index contributed by atoms with van der Waals surface area (Å²) >= 11 is 0. The van der Waals surface area contributed by atoms with E-state index in [4.69, 9.17) is 66.3 Å². The van der Waals surface area contributed by atoms with E-state index < -0.39 is 30.2 Å². The van der Waals surface area contributed by atoms with Gasteiger partial charge in [-0.25, -0.2) is 0 Å². The SMILES string of the molecule is COCO[C@@H]1[C@@H](OCOC)[C@H](O[C@H]2CC[C@]34C[C@]35CC[C@]3(C)C6=C(O[C@@H]([C@H](OC)C(C)(C)OCOC)C[C@H]6C)[C@H](OCOC)[C@@]3(C)[C@@H]5CC[C@H]4C2(C)C)OC[C@H]1OCOC. The van der Waals surface area contributed by atoms with Gasteiger partial charge in [0.2, 0.25) is 0 Å². The lowest BCUT2D eigenvalue weighted by molar-refractivity contribution is -0.336. The third-order valence-electron chi connectivity index (χ3n) is 17.2. The predicted octanol–water partition coefficient (Wildman–Crippen LogP) is 6.82. The Balaban J connectivity index is 1.14. The van der Waals surface area contributed by atoms with Gasteiger partial charge >= 0.3 is 0 Å². The minimum absolute atomic E-state index is 0.0415. The minimum Gasteiger partial charge on any atom is -0.489 e. The van der Waals surface area contributed by atoms with Crippen LogP contribution in [0.1, 0.15) is 99.8 Å². The molecule has 0 amide bonds. The zero-order valence-electron chi connectivity index (χ0n) is 39.0. The largest absolute Gasteiger partial charge is 0.489 e. The maximum Gasteiger partial charge on any atom is 0.186 e. The third-order valence-corrected chi connectivity index (χ3v) is 17.2. The number of ether oxygens (including phenoxy) is 14. The molecule has 0 bridgehead atoms. The van der Waals surface area contributed by atoms with Gasteiger partial charge in [0.05, 0.1) is 18.3 Å². The van der Waals surface area contributed by atoms with Crippen molar-refractivity contribution in [1.29, 1.82) is 0 Å². The second-order valence-corrected chi connectivity index (χ2v) is 20.5. The average Bonchev–Trinajstić information content (AvgIpc) is 3.83. The van der Waals surface area contributed by atoms with Crippen LogP contribution in [-0.4, -0.2) is 138 Å². The standard InChI is InChI=1S/C46H78O14/c1-28-20-29(38(52-13)42(4,5)58-27-51-12)59-36-34(28)43(6)18-19-46-22-45(46)17-16-33(41(2,3)31(45)14-15-32(46)44(43,7)39(36)57-26-50-11)60-40-37(56-25-49-10)35(55-24-48-9)30(21-53-40)54-23-47-8/h28-33,35,37-40H,14-27H2,1-13H3/t28-,29-,30-,31+,32+,33+,35+,37-,38+,39+,40+,43-,44-,45-,46+/m1/s1. The van der Waals surface area contributed by atoms with E-state index in [1.165, 1.54) is 18.4 Å². The summed E-state index contributed by atoms with van der Waals surface area (Å²) in [6.45, 7) is 17.3. The summed E-state index contributed by atoms with van der Waals surface area (Å²) in [6, 6.07) is 0. The first kappa shape index (κ1) is 47.0. The van der Waals surface area contributed by atoms with Crippen LogP contribution in [0.15, 0.2) is 11.3 Å². The predicted molar refractivity (Wildman–Crippen MR) is 219 cm³/mol. The molecule has 0 aromatic carbocycles. The first-order valence-electron chi connectivity index (χ1n) is 22.4. The molecule has 15 atom stereocenters. The zero-order valence-corrected chi connectivity index (χ0v) is 39.0. The molecule has 5 aliphatic carbocycles. The lowest BCUT2D eigenvalue weighted by Crippen LogP contribution is -2.62. The number of hydrogen-bond donors (Lipinski definition) is 0. The molecule has 0 unspecified atom stereocenters. The van der Waals surface area contributed by atoms with E-state index in [9.17, 15) is 0 Å². The molecule has 14 heteroatoms. The molecular formula is C46H78O14. The van der Waals surface area contributed by atoms with Crippen molar-refractivity contribution in [3.05, 3.63) is 11.3 Å². The van der Waals surface area contributed by atoms with Crippen LogP contribution in [-0.2, 0) is 66.3 Å². The molecule has 2 spiro atoms. The Morgan fingerprint density at radius 2 is 1.33 bits per heavy atom. The normalized spacial score (nSPS) is 43.6. The molecule has 5 fully saturated rings. The van der Waals surface area contributed by atoms with Gasteiger partial charge in [0, 0.05) is 53.5 Å². The van der Waals surface area contributed by atoms with E-state index >= 15 is 0 Å². The molecule has 346 valence electrons. The summed E-state index contributed by atoms with van der Waals surface area (Å²) in [7, 11) is 9.92. The average molecular weight is 855 g/mol. The smallest absolute Gasteiger partial charge is 0.186 e. The van der Waals surface area contributed by atoms with Crippen LogP contribution in [0.4, 0.5) is 0 Å². The van der Waals surface area contributed by atoms with Crippen molar-refractivity contribution in [2.24, 2.45) is 44.8 Å². The summed E-state index contributed by atoms with van der Waals surface area (Å²) in [4.78, 5) is 0. The van der Waals surface area contributed by atoms with Crippen LogP contribution in [0, 0.1) is 44.8 Å². The van der Waals surface area contributed by atoms with Crippen LogP contribution in [0.3, 0.4) is 0 Å². The molecule has 0 N–H and O–H groups in total. The van der Waals surface area contributed by atoms with E-state index in [0.717, 1.165) is 44.3 Å². The molecule has 7 rings (SSSR count). The Morgan fingerprint density at radius 3 is 2.00 bits per heavy atom. The molecule has 0 aromatic heterocycles. The van der Waals surface area contributed by atoms with E-state index in [0.29, 0.717) is 17.8 Å². The van der Waals surface area contributed by atoms with Crippen molar-refractivity contribution >= 4 is 0 Å². The highest BCUT2D eigenvalue weighted by Crippen LogP contribution is 2.89. The fraction of sp³-hybridized carbons (Fsp3) is 0.957. The molecule has 7 aliphatic rings. The summed E-state index contributed by atoms with van der Waals surface area (Å²) in [5.41, 5.74) is 0.882. The van der Waals surface area contributed by atoms with E-state index in [2.05, 4.69) is 48.5 Å². The van der Waals surface area contributed by atoms with E-state index in [-0.39, 0.29) is 92.1 Å². The lowest BCUT2D eigenvalue weighted by Gasteiger charge is -2.64. The Hall–Kier alpha value is -0.980. The van der Waals surface area contributed by atoms with Gasteiger partial charge < -0.3 is 66.3 Å². The van der Waals surface area contributed by atoms with Gasteiger partial charge in [0.25, 0.3) is 0 Å². The highest BCUT2D eigenvalue weighted by Gasteiger charge is 2.84. The van der Waals surface area contributed by atoms with Crippen molar-refractivity contribution in [1.82, 2.24) is 0 Å². The van der Waals surface area contributed by atoms with Crippen LogP contribution in [0.5, 0.6) is 0 Å². The molecule has 2 aliphatic heterocycles. The van der Waals surface area contributed by atoms with Gasteiger partial charge in [-0.2, -0.15) is 0 Å². The van der Waals surface area contributed by atoms with Crippen LogP contribution < -0.4 is 0 Å². The topological polar surface area (TPSA) is 129 Å². The minimum atomic E-state index is -0.670. The first-order valence-corrected chi connectivity index (χ1v) is 22.4. The maximum atomic E-state index is 7.25. The Bertz CT molecular complexity index is 1490. The maximum absolute atomic E-state index is 7.25. The highest BCUT2D eigenvalue weighted by molar-refractivity contribution is 5.43. The molecular weight excluding hydrogens is 776 g/mol. The monoisotopic (exact) mass is 855 g/mol. The van der Waals surface area contributed by atoms with Gasteiger partial charge in [-0.1, -0.05) is 34.6 Å². The molecule has 1 saturated heterocycles. The number of allylic oxidation sites excluding steroid dienone is 1. The molecule has 0 aromatic rings. The van der Waals surface area contributed by atoms with Crippen molar-refractivity contribution < 1.29 is 66.3 Å². The van der Waals surface area contributed by atoms with Crippen molar-refractivity contribution in [2.45, 2.75) is 154 Å². The Labute approximate surface area is 359 Å². The Kier molecular flexibility index (Phi) is 14.2. The highest BCUT2D eigenvalue weighted by atomic mass is 16.8. The summed E-state index contributed by atoms with van der Waals surface area (Å²) in [6.07, 6.45) is 5.74. The van der Waals surface area contributed by atoms with E-state index in [1.54, 1.807) is 42.7 Å². The van der Waals surface area contributed by atoms with Gasteiger partial charge in [-0.3, -0.25) is 0 Å². The second kappa shape index (κ2) is 18.1. The van der Waals surface area contributed by atoms with Gasteiger partial charge in [0.1, 0.15) is 76.3 Å². The van der Waals surface area contributed by atoms with Gasteiger partial charge in [-0.05, 0) is 105 Å².